The molecule has 0 unspecified atom stereocenters. The highest BCUT2D eigenvalue weighted by Gasteiger charge is 2.21. The van der Waals surface area contributed by atoms with Crippen LogP contribution in [-0.4, -0.2) is 12.6 Å². The van der Waals surface area contributed by atoms with Gasteiger partial charge in [0.1, 0.15) is 22.5 Å². The highest BCUT2D eigenvalue weighted by Crippen LogP contribution is 2.41. The molecule has 5 heteroatoms. The van der Waals surface area contributed by atoms with Crippen LogP contribution in [0, 0.1) is 0 Å². The van der Waals surface area contributed by atoms with E-state index >= 15 is 0 Å². The van der Waals surface area contributed by atoms with Crippen LogP contribution in [0.15, 0.2) is 194 Å². The third kappa shape index (κ3) is 6.00. The molecule has 8 aromatic rings. The molecule has 2 aromatic heterocycles. The molecule has 0 bridgehead atoms. The van der Waals surface area contributed by atoms with Crippen LogP contribution in [0.2, 0.25) is 0 Å². The van der Waals surface area contributed by atoms with Crippen molar-refractivity contribution in [2.75, 3.05) is 4.90 Å². The maximum Gasteiger partial charge on any atom is 0.159 e. The summed E-state index contributed by atoms with van der Waals surface area (Å²) in [6.07, 6.45) is 15.5. The summed E-state index contributed by atoms with van der Waals surface area (Å²) in [4.78, 5) is 12.2. The number of fused-ring (bicyclic) bond motifs is 6. The first kappa shape index (κ1) is 33.3. The molecule has 268 valence electrons. The lowest BCUT2D eigenvalue weighted by Gasteiger charge is -2.25. The predicted molar refractivity (Wildman–Crippen MR) is 233 cm³/mol. The van der Waals surface area contributed by atoms with Gasteiger partial charge in [-0.2, -0.15) is 0 Å². The van der Waals surface area contributed by atoms with E-state index in [-0.39, 0.29) is 0 Å². The zero-order chi connectivity index (χ0) is 37.4. The van der Waals surface area contributed by atoms with Crippen molar-refractivity contribution < 1.29 is 8.83 Å². The van der Waals surface area contributed by atoms with E-state index in [2.05, 4.69) is 150 Å². The van der Waals surface area contributed by atoms with Crippen LogP contribution in [0.25, 0.3) is 55.8 Å². The molecule has 0 N–H and O–H groups in total. The number of para-hydroxylation sites is 2. The predicted octanol–water partition coefficient (Wildman–Crippen LogP) is 13.8. The van der Waals surface area contributed by atoms with Crippen LogP contribution in [0.3, 0.4) is 0 Å². The fourth-order valence-corrected chi connectivity index (χ4v) is 8.00. The van der Waals surface area contributed by atoms with Crippen LogP contribution >= 0.6 is 0 Å². The van der Waals surface area contributed by atoms with Crippen molar-refractivity contribution in [3.63, 3.8) is 0 Å². The Morgan fingerprint density at radius 1 is 0.607 bits per heavy atom. The minimum Gasteiger partial charge on any atom is -0.460 e. The van der Waals surface area contributed by atoms with Gasteiger partial charge in [0.05, 0.1) is 5.70 Å². The van der Waals surface area contributed by atoms with Crippen LogP contribution < -0.4 is 4.90 Å². The zero-order valence-corrected chi connectivity index (χ0v) is 30.7. The monoisotopic (exact) mass is 723 g/mol. The minimum absolute atomic E-state index is 0.537. The highest BCUT2D eigenvalue weighted by molar-refractivity contribution is 6.20. The average Bonchev–Trinajstić information content (AvgIpc) is 3.83. The van der Waals surface area contributed by atoms with Gasteiger partial charge in [0.2, 0.25) is 0 Å². The van der Waals surface area contributed by atoms with E-state index < -0.39 is 0 Å². The molecular formula is C51H37N3O2. The van der Waals surface area contributed by atoms with E-state index in [4.69, 9.17) is 13.8 Å². The topological polar surface area (TPSA) is 54.2 Å². The second kappa shape index (κ2) is 14.2. The quantitative estimate of drug-likeness (QED) is 0.121. The number of rotatable bonds is 7. The second-order valence-electron chi connectivity index (χ2n) is 14.1. The number of benzene rings is 6. The first-order valence-electron chi connectivity index (χ1n) is 19.0. The van der Waals surface area contributed by atoms with E-state index in [0.717, 1.165) is 109 Å². The van der Waals surface area contributed by atoms with Gasteiger partial charge in [-0.05, 0) is 90.9 Å². The minimum atomic E-state index is 0.537. The number of allylic oxidation sites excluding steroid dienone is 6. The third-order valence-corrected chi connectivity index (χ3v) is 10.7. The van der Waals surface area contributed by atoms with Gasteiger partial charge in [-0.1, -0.05) is 115 Å². The Hall–Kier alpha value is -7.24. The standard InChI is InChI=1S/C51H37N3O2/c1-52-51(53-50(35-15-5-2-6-16-35)36-17-7-3-8-18-36)44-31-37(32-48-49(44)43-22-12-14-24-46(43)56-48)34-25-27-39(28-26-34)54(38-19-9-4-10-20-38)40-29-30-42-41-21-11-13-23-45(41)55-47(42)33-40/h2-12,14-17,19-22,24-33H,1,13,18,23H2/b50-36-,53-51-. The molecule has 2 heterocycles. The van der Waals surface area contributed by atoms with Crippen molar-refractivity contribution in [1.82, 2.24) is 0 Å². The average molecular weight is 724 g/mol. The number of hydrogen-bond donors (Lipinski definition) is 0. The maximum absolute atomic E-state index is 6.53. The number of hydrogen-bond acceptors (Lipinski definition) is 4. The van der Waals surface area contributed by atoms with E-state index in [9.17, 15) is 0 Å². The zero-order valence-electron chi connectivity index (χ0n) is 30.7. The molecule has 0 atom stereocenters. The molecule has 0 fully saturated rings. The molecule has 56 heavy (non-hydrogen) atoms. The Morgan fingerprint density at radius 2 is 1.38 bits per heavy atom. The highest BCUT2D eigenvalue weighted by atomic mass is 16.3. The number of furan rings is 2. The first-order chi connectivity index (χ1) is 27.7. The number of anilines is 3. The van der Waals surface area contributed by atoms with Crippen molar-refractivity contribution in [2.45, 2.75) is 19.3 Å². The lowest BCUT2D eigenvalue weighted by Crippen LogP contribution is -2.09. The van der Waals surface area contributed by atoms with Crippen LogP contribution in [-0.2, 0) is 6.42 Å². The molecule has 2 aliphatic rings. The van der Waals surface area contributed by atoms with E-state index in [1.165, 1.54) is 5.56 Å². The molecule has 0 saturated carbocycles. The summed E-state index contributed by atoms with van der Waals surface area (Å²) in [5.41, 5.74) is 12.7. The summed E-state index contributed by atoms with van der Waals surface area (Å²) >= 11 is 0. The molecule has 0 aliphatic heterocycles. The van der Waals surface area contributed by atoms with Gasteiger partial charge < -0.3 is 13.7 Å². The summed E-state index contributed by atoms with van der Waals surface area (Å²) in [6.45, 7) is 4.05. The number of aliphatic imine (C=N–C) groups is 2. The van der Waals surface area contributed by atoms with Gasteiger partial charge in [0.15, 0.2) is 5.84 Å². The Bertz CT molecular complexity index is 2940. The van der Waals surface area contributed by atoms with Crippen molar-refractivity contribution >= 4 is 74.3 Å². The van der Waals surface area contributed by atoms with Crippen molar-refractivity contribution in [2.24, 2.45) is 9.98 Å². The van der Waals surface area contributed by atoms with Crippen molar-refractivity contribution in [3.05, 3.63) is 198 Å². The van der Waals surface area contributed by atoms with Gasteiger partial charge in [-0.25, -0.2) is 9.98 Å². The summed E-state index contributed by atoms with van der Waals surface area (Å²) in [5, 5.41) is 3.12. The van der Waals surface area contributed by atoms with Gasteiger partial charge in [0, 0.05) is 62.4 Å². The summed E-state index contributed by atoms with van der Waals surface area (Å²) < 4.78 is 12.9. The molecule has 0 saturated heterocycles. The molecule has 10 rings (SSSR count). The summed E-state index contributed by atoms with van der Waals surface area (Å²) in [6, 6.07) is 48.4. The lowest BCUT2D eigenvalue weighted by molar-refractivity contribution is 0.546. The van der Waals surface area contributed by atoms with Gasteiger partial charge in [-0.3, -0.25) is 0 Å². The fraction of sp³-hybridized carbons (Fsp3) is 0.0588. The Balaban J connectivity index is 1.10. The Labute approximate surface area is 325 Å². The van der Waals surface area contributed by atoms with Gasteiger partial charge in [0.25, 0.3) is 0 Å². The number of amidine groups is 1. The third-order valence-electron chi connectivity index (χ3n) is 10.7. The van der Waals surface area contributed by atoms with E-state index in [1.807, 2.05) is 42.5 Å². The number of aryl methyl sites for hydroxylation is 1. The van der Waals surface area contributed by atoms with Crippen LogP contribution in [0.4, 0.5) is 17.1 Å². The molecule has 0 spiro atoms. The Morgan fingerprint density at radius 3 is 2.18 bits per heavy atom. The SMILES string of the molecule is C=N/C(=N\C(=C1\C=CC=CC1)c1ccccc1)c1cc(-c2ccc(N(c3ccccc3)c3ccc4c5c(oc4c3)CCC=C5)cc2)cc2oc3ccccc3c12. The first-order valence-corrected chi connectivity index (χ1v) is 19.0. The Kier molecular flexibility index (Phi) is 8.45. The van der Waals surface area contributed by atoms with Crippen LogP contribution in [0.1, 0.15) is 35.3 Å². The molecule has 0 radical (unpaired) electrons. The van der Waals surface area contributed by atoms with Gasteiger partial charge in [-0.15, -0.1) is 0 Å². The van der Waals surface area contributed by atoms with E-state index in [1.54, 1.807) is 0 Å². The van der Waals surface area contributed by atoms with Crippen molar-refractivity contribution in [1.29, 1.82) is 0 Å². The molecular weight excluding hydrogens is 687 g/mol. The molecule has 5 nitrogen and oxygen atoms in total. The van der Waals surface area contributed by atoms with Crippen LogP contribution in [0.5, 0.6) is 0 Å². The summed E-state index contributed by atoms with van der Waals surface area (Å²) in [7, 11) is 0. The lowest BCUT2D eigenvalue weighted by atomic mass is 9.97. The van der Waals surface area contributed by atoms with Gasteiger partial charge >= 0.3 is 0 Å². The largest absolute Gasteiger partial charge is 0.460 e. The summed E-state index contributed by atoms with van der Waals surface area (Å²) in [5.74, 6) is 1.60. The molecule has 0 amide bonds. The van der Waals surface area contributed by atoms with Crippen molar-refractivity contribution in [3.8, 4) is 11.1 Å². The second-order valence-corrected chi connectivity index (χ2v) is 14.1. The molecule has 2 aliphatic carbocycles. The van der Waals surface area contributed by atoms with E-state index in [0.29, 0.717) is 5.84 Å². The number of nitrogens with zero attached hydrogens (tertiary/aromatic N) is 3. The normalized spacial score (nSPS) is 14.8. The molecule has 6 aromatic carbocycles. The maximum atomic E-state index is 6.53. The fourth-order valence-electron chi connectivity index (χ4n) is 8.00. The smallest absolute Gasteiger partial charge is 0.159 e.